The Hall–Kier alpha value is -2.02. The van der Waals surface area contributed by atoms with Crippen LogP contribution in [0.15, 0.2) is 35.3 Å². The normalized spacial score (nSPS) is 26.7. The van der Waals surface area contributed by atoms with Crippen LogP contribution in [0.4, 0.5) is 4.79 Å². The molecule has 168 valence electrons. The lowest BCUT2D eigenvalue weighted by Gasteiger charge is -2.43. The van der Waals surface area contributed by atoms with Gasteiger partial charge in [-0.05, 0) is 51.7 Å². The lowest BCUT2D eigenvalue weighted by molar-refractivity contribution is 0.0274. The van der Waals surface area contributed by atoms with Gasteiger partial charge < -0.3 is 15.0 Å². The van der Waals surface area contributed by atoms with E-state index < -0.39 is 5.60 Å². The van der Waals surface area contributed by atoms with E-state index in [1.807, 2.05) is 56.0 Å². The maximum Gasteiger partial charge on any atom is 0.410 e. The van der Waals surface area contributed by atoms with Crippen LogP contribution < -0.4 is 5.32 Å². The van der Waals surface area contributed by atoms with Crippen molar-refractivity contribution in [2.45, 2.75) is 64.0 Å². The highest BCUT2D eigenvalue weighted by Crippen LogP contribution is 2.48. The summed E-state index contributed by atoms with van der Waals surface area (Å²) in [5, 5.41) is 3.72. The third-order valence-corrected chi connectivity index (χ3v) is 7.58. The molecule has 2 aliphatic heterocycles. The molecule has 1 aromatic rings. The Kier molecular flexibility index (Phi) is 6.33. The Morgan fingerprint density at radius 3 is 2.52 bits per heavy atom. The number of carbonyl (C=O) groups excluding carboxylic acids is 2. The van der Waals surface area contributed by atoms with Crippen LogP contribution in [0.1, 0.15) is 63.2 Å². The zero-order chi connectivity index (χ0) is 22.1. The van der Waals surface area contributed by atoms with Gasteiger partial charge in [0.05, 0.1) is 5.54 Å². The minimum absolute atomic E-state index is 0.133. The molecule has 0 aromatic heterocycles. The van der Waals surface area contributed by atoms with Crippen LogP contribution in [0, 0.1) is 11.8 Å². The highest BCUT2D eigenvalue weighted by molar-refractivity contribution is 8.13. The highest BCUT2D eigenvalue weighted by atomic mass is 32.2. The molecule has 7 heteroatoms. The van der Waals surface area contributed by atoms with Crippen molar-refractivity contribution in [3.8, 4) is 0 Å². The molecule has 0 spiro atoms. The maximum atomic E-state index is 12.9. The fourth-order valence-electron chi connectivity index (χ4n) is 5.09. The summed E-state index contributed by atoms with van der Waals surface area (Å²) in [6.45, 7) is 6.94. The predicted molar refractivity (Wildman–Crippen MR) is 124 cm³/mol. The van der Waals surface area contributed by atoms with Crippen molar-refractivity contribution in [3.63, 3.8) is 0 Å². The summed E-state index contributed by atoms with van der Waals surface area (Å²) in [7, 11) is 0. The van der Waals surface area contributed by atoms with E-state index in [-0.39, 0.29) is 23.5 Å². The van der Waals surface area contributed by atoms with E-state index >= 15 is 0 Å². The number of aliphatic imine (C=N–C) groups is 1. The molecular formula is C24H33N3O3S. The van der Waals surface area contributed by atoms with Crippen molar-refractivity contribution in [2.75, 3.05) is 18.8 Å². The molecule has 1 aliphatic carbocycles. The summed E-state index contributed by atoms with van der Waals surface area (Å²) in [6, 6.07) is 9.24. The molecule has 2 atom stereocenters. The van der Waals surface area contributed by atoms with Gasteiger partial charge in [-0.15, -0.1) is 0 Å². The fraction of sp³-hybridized carbons (Fsp3) is 0.625. The lowest BCUT2D eigenvalue weighted by atomic mass is 9.70. The van der Waals surface area contributed by atoms with Crippen molar-refractivity contribution in [3.05, 3.63) is 35.9 Å². The van der Waals surface area contributed by atoms with E-state index in [4.69, 9.17) is 9.73 Å². The van der Waals surface area contributed by atoms with Gasteiger partial charge in [0.25, 0.3) is 5.91 Å². The Morgan fingerprint density at radius 1 is 1.13 bits per heavy atom. The number of fused-ring (bicyclic) bond motifs is 1. The number of thioether (sulfide) groups is 1. The first-order valence-corrected chi connectivity index (χ1v) is 12.3. The Labute approximate surface area is 189 Å². The molecule has 1 saturated carbocycles. The minimum Gasteiger partial charge on any atom is -0.444 e. The first-order chi connectivity index (χ1) is 14.8. The second-order valence-corrected chi connectivity index (χ2v) is 10.9. The van der Waals surface area contributed by atoms with Gasteiger partial charge in [0.1, 0.15) is 5.60 Å². The molecular weight excluding hydrogens is 410 g/mol. The molecule has 2 fully saturated rings. The first-order valence-electron chi connectivity index (χ1n) is 11.3. The molecule has 1 N–H and O–H groups in total. The van der Waals surface area contributed by atoms with E-state index in [0.717, 1.165) is 18.6 Å². The standard InChI is InChI=1S/C24H33N3O3S/c1-23(2,3)30-22(29)27-14-19-15-31-21(25-20(28)17-10-6-4-7-11-17)26-24(19,16-27)18-12-8-5-9-13-18/h4,6-7,10-11,18-19H,5,8-9,12-16H2,1-3H3,(H,25,26,28)/t19-,24+/m0/s1. The van der Waals surface area contributed by atoms with Gasteiger partial charge in [-0.1, -0.05) is 49.2 Å². The molecule has 1 saturated heterocycles. The number of amides is 2. The van der Waals surface area contributed by atoms with Gasteiger partial charge in [-0.2, -0.15) is 0 Å². The fourth-order valence-corrected chi connectivity index (χ4v) is 6.25. The number of amidine groups is 1. The van der Waals surface area contributed by atoms with Crippen LogP contribution in [0.25, 0.3) is 0 Å². The number of hydrogen-bond donors (Lipinski definition) is 1. The summed E-state index contributed by atoms with van der Waals surface area (Å²) in [6.07, 6.45) is 5.69. The van der Waals surface area contributed by atoms with E-state index in [2.05, 4.69) is 5.32 Å². The zero-order valence-corrected chi connectivity index (χ0v) is 19.5. The number of hydrogen-bond acceptors (Lipinski definition) is 5. The van der Waals surface area contributed by atoms with E-state index in [0.29, 0.717) is 29.7 Å². The number of nitrogens with one attached hydrogen (secondary N) is 1. The number of likely N-dealkylation sites (tertiary alicyclic amines) is 1. The average Bonchev–Trinajstić information content (AvgIpc) is 3.14. The summed E-state index contributed by atoms with van der Waals surface area (Å²) < 4.78 is 5.67. The molecule has 2 amide bonds. The van der Waals surface area contributed by atoms with Crippen LogP contribution in [0.2, 0.25) is 0 Å². The zero-order valence-electron chi connectivity index (χ0n) is 18.7. The van der Waals surface area contributed by atoms with Crippen LogP contribution in [-0.2, 0) is 4.74 Å². The van der Waals surface area contributed by atoms with Gasteiger partial charge in [-0.25, -0.2) is 4.79 Å². The smallest absolute Gasteiger partial charge is 0.410 e. The molecule has 0 unspecified atom stereocenters. The molecule has 4 rings (SSSR count). The van der Waals surface area contributed by atoms with Crippen molar-refractivity contribution < 1.29 is 14.3 Å². The van der Waals surface area contributed by atoms with Gasteiger partial charge in [0, 0.05) is 30.3 Å². The molecule has 0 radical (unpaired) electrons. The minimum atomic E-state index is -0.518. The Morgan fingerprint density at radius 2 is 1.84 bits per heavy atom. The van der Waals surface area contributed by atoms with E-state index in [1.54, 1.807) is 11.8 Å². The Balaban J connectivity index is 1.58. The lowest BCUT2D eigenvalue weighted by Crippen LogP contribution is -2.50. The van der Waals surface area contributed by atoms with Crippen molar-refractivity contribution >= 4 is 28.9 Å². The predicted octanol–water partition coefficient (Wildman–Crippen LogP) is 4.71. The van der Waals surface area contributed by atoms with Crippen molar-refractivity contribution in [1.82, 2.24) is 10.2 Å². The average molecular weight is 444 g/mol. The van der Waals surface area contributed by atoms with Crippen LogP contribution in [0.5, 0.6) is 0 Å². The second kappa shape index (κ2) is 8.85. The van der Waals surface area contributed by atoms with E-state index in [9.17, 15) is 9.59 Å². The third kappa shape index (κ3) is 4.92. The molecule has 1 aromatic carbocycles. The van der Waals surface area contributed by atoms with Gasteiger partial charge in [-0.3, -0.25) is 9.79 Å². The maximum absolute atomic E-state index is 12.9. The SMILES string of the molecule is CC(C)(C)OC(=O)N1C[C@H]2CSC(NC(=O)c3ccccc3)=N[C@@]2(C2CCCCC2)C1. The third-order valence-electron chi connectivity index (χ3n) is 6.54. The number of rotatable bonds is 2. The van der Waals surface area contributed by atoms with Crippen LogP contribution in [0.3, 0.4) is 0 Å². The molecule has 3 aliphatic rings. The summed E-state index contributed by atoms with van der Waals surface area (Å²) in [5.41, 5.74) is -0.223. The molecule has 6 nitrogen and oxygen atoms in total. The number of ether oxygens (including phenoxy) is 1. The summed E-state index contributed by atoms with van der Waals surface area (Å²) in [4.78, 5) is 32.6. The van der Waals surface area contributed by atoms with Crippen molar-refractivity contribution in [2.24, 2.45) is 16.8 Å². The summed E-state index contributed by atoms with van der Waals surface area (Å²) >= 11 is 1.59. The molecule has 31 heavy (non-hydrogen) atoms. The highest BCUT2D eigenvalue weighted by Gasteiger charge is 2.55. The second-order valence-electron chi connectivity index (χ2n) is 9.93. The van der Waals surface area contributed by atoms with Crippen molar-refractivity contribution in [1.29, 1.82) is 0 Å². The van der Waals surface area contributed by atoms with Crippen LogP contribution >= 0.6 is 11.8 Å². The quantitative estimate of drug-likeness (QED) is 0.719. The largest absolute Gasteiger partial charge is 0.444 e. The molecule has 2 heterocycles. The van der Waals surface area contributed by atoms with Gasteiger partial charge >= 0.3 is 6.09 Å². The first kappa shape index (κ1) is 22.2. The summed E-state index contributed by atoms with van der Waals surface area (Å²) in [5.74, 6) is 1.43. The number of carbonyl (C=O) groups is 2. The number of nitrogens with zero attached hydrogens (tertiary/aromatic N) is 2. The number of benzene rings is 1. The monoisotopic (exact) mass is 443 g/mol. The topological polar surface area (TPSA) is 71.0 Å². The molecule has 0 bridgehead atoms. The Bertz CT molecular complexity index is 845. The van der Waals surface area contributed by atoms with Gasteiger partial charge in [0.2, 0.25) is 0 Å². The van der Waals surface area contributed by atoms with E-state index in [1.165, 1.54) is 19.3 Å². The van der Waals surface area contributed by atoms with Crippen LogP contribution in [-0.4, -0.2) is 52.1 Å². The van der Waals surface area contributed by atoms with Gasteiger partial charge in [0.15, 0.2) is 5.17 Å².